The molecule has 0 bridgehead atoms. The smallest absolute Gasteiger partial charge is 0.0261 e. The summed E-state index contributed by atoms with van der Waals surface area (Å²) in [4.78, 5) is 1.34. The average Bonchev–Trinajstić information content (AvgIpc) is 3.04. The molecule has 2 rings (SSSR count). The van der Waals surface area contributed by atoms with Crippen LogP contribution >= 0.6 is 11.3 Å². The standard InChI is InChI=1S/C22H24S/c1-7-17(5)22(6,14-16(3)4)21-13-20(15-23-21)19-11-9-10-18(8-2)12-19/h2,9-13,15H,3,5,7,14H2,1,4,6H3. The van der Waals surface area contributed by atoms with Gasteiger partial charge in [0.1, 0.15) is 0 Å². The summed E-state index contributed by atoms with van der Waals surface area (Å²) in [6.45, 7) is 15.0. The molecule has 1 heterocycles. The molecule has 0 fully saturated rings. The summed E-state index contributed by atoms with van der Waals surface area (Å²) in [6.07, 6.45) is 7.43. The lowest BCUT2D eigenvalue weighted by atomic mass is 9.75. The Bertz CT molecular complexity index is 769. The first-order valence-corrected chi connectivity index (χ1v) is 8.77. The molecule has 1 unspecified atom stereocenters. The van der Waals surface area contributed by atoms with Gasteiger partial charge in [0.25, 0.3) is 0 Å². The van der Waals surface area contributed by atoms with Crippen molar-refractivity contribution in [2.45, 2.75) is 39.0 Å². The third-order valence-corrected chi connectivity index (χ3v) is 5.56. The molecule has 0 saturated carbocycles. The molecule has 1 aromatic carbocycles. The summed E-state index contributed by atoms with van der Waals surface area (Å²) in [5, 5.41) is 2.21. The van der Waals surface area contributed by atoms with Gasteiger partial charge >= 0.3 is 0 Å². The Morgan fingerprint density at radius 1 is 1.26 bits per heavy atom. The summed E-state index contributed by atoms with van der Waals surface area (Å²) in [5.74, 6) is 2.71. The van der Waals surface area contributed by atoms with Crippen LogP contribution < -0.4 is 0 Å². The van der Waals surface area contributed by atoms with Gasteiger partial charge in [-0.15, -0.1) is 24.3 Å². The lowest BCUT2D eigenvalue weighted by Gasteiger charge is -2.31. The Morgan fingerprint density at radius 3 is 2.61 bits per heavy atom. The summed E-state index contributed by atoms with van der Waals surface area (Å²) >= 11 is 1.80. The quantitative estimate of drug-likeness (QED) is 0.416. The molecule has 0 aliphatic heterocycles. The maximum atomic E-state index is 5.52. The zero-order chi connectivity index (χ0) is 17.0. The number of allylic oxidation sites excluding steroid dienone is 2. The van der Waals surface area contributed by atoms with Gasteiger partial charge in [-0.25, -0.2) is 0 Å². The minimum Gasteiger partial charge on any atom is -0.147 e. The molecule has 2 aromatic rings. The van der Waals surface area contributed by atoms with Crippen LogP contribution in [0.3, 0.4) is 0 Å². The molecule has 0 aliphatic carbocycles. The van der Waals surface area contributed by atoms with Crippen LogP contribution in [-0.2, 0) is 5.41 Å². The number of terminal acetylenes is 1. The van der Waals surface area contributed by atoms with Crippen LogP contribution in [0.5, 0.6) is 0 Å². The molecule has 1 heteroatoms. The van der Waals surface area contributed by atoms with E-state index < -0.39 is 0 Å². The van der Waals surface area contributed by atoms with Gasteiger partial charge in [-0.1, -0.05) is 49.6 Å². The number of hydrogen-bond acceptors (Lipinski definition) is 1. The molecule has 23 heavy (non-hydrogen) atoms. The second-order valence-electron chi connectivity index (χ2n) is 6.35. The van der Waals surface area contributed by atoms with E-state index in [-0.39, 0.29) is 5.41 Å². The zero-order valence-corrected chi connectivity index (χ0v) is 15.1. The van der Waals surface area contributed by atoms with Crippen molar-refractivity contribution in [1.82, 2.24) is 0 Å². The number of hydrogen-bond donors (Lipinski definition) is 0. The molecule has 0 amide bonds. The molecular formula is C22H24S. The van der Waals surface area contributed by atoms with Gasteiger partial charge in [0, 0.05) is 15.9 Å². The third-order valence-electron chi connectivity index (χ3n) is 4.37. The van der Waals surface area contributed by atoms with E-state index in [1.54, 1.807) is 11.3 Å². The van der Waals surface area contributed by atoms with Crippen LogP contribution in [0.1, 0.15) is 44.1 Å². The van der Waals surface area contributed by atoms with Gasteiger partial charge in [-0.3, -0.25) is 0 Å². The van der Waals surface area contributed by atoms with Crippen molar-refractivity contribution in [3.05, 3.63) is 70.5 Å². The molecule has 0 radical (unpaired) electrons. The van der Waals surface area contributed by atoms with Crippen molar-refractivity contribution in [3.8, 4) is 23.5 Å². The summed E-state index contributed by atoms with van der Waals surface area (Å²) in [7, 11) is 0. The maximum Gasteiger partial charge on any atom is 0.0261 e. The van der Waals surface area contributed by atoms with E-state index in [4.69, 9.17) is 6.42 Å². The van der Waals surface area contributed by atoms with E-state index in [9.17, 15) is 0 Å². The first kappa shape index (κ1) is 17.3. The number of thiophene rings is 1. The number of rotatable bonds is 6. The second-order valence-corrected chi connectivity index (χ2v) is 7.26. The van der Waals surface area contributed by atoms with Crippen molar-refractivity contribution in [1.29, 1.82) is 0 Å². The number of benzene rings is 1. The van der Waals surface area contributed by atoms with E-state index in [0.717, 1.165) is 18.4 Å². The fourth-order valence-electron chi connectivity index (χ4n) is 2.95. The Labute approximate surface area is 144 Å². The van der Waals surface area contributed by atoms with E-state index in [2.05, 4.69) is 63.4 Å². The lowest BCUT2D eigenvalue weighted by Crippen LogP contribution is -2.23. The highest BCUT2D eigenvalue weighted by Gasteiger charge is 2.30. The second kappa shape index (κ2) is 7.02. The summed E-state index contributed by atoms with van der Waals surface area (Å²) in [5.41, 5.74) is 5.70. The molecule has 118 valence electrons. The van der Waals surface area contributed by atoms with E-state index >= 15 is 0 Å². The normalized spacial score (nSPS) is 13.1. The van der Waals surface area contributed by atoms with Gasteiger partial charge in [0.2, 0.25) is 0 Å². The van der Waals surface area contributed by atoms with Gasteiger partial charge < -0.3 is 0 Å². The Morgan fingerprint density at radius 2 is 2.00 bits per heavy atom. The fourth-order valence-corrected chi connectivity index (χ4v) is 4.08. The predicted octanol–water partition coefficient (Wildman–Crippen LogP) is 6.59. The fraction of sp³-hybridized carbons (Fsp3) is 0.273. The molecule has 1 atom stereocenters. The third kappa shape index (κ3) is 3.66. The van der Waals surface area contributed by atoms with Gasteiger partial charge in [0.15, 0.2) is 0 Å². The van der Waals surface area contributed by atoms with Crippen LogP contribution in [-0.4, -0.2) is 0 Å². The minimum absolute atomic E-state index is 0.0484. The van der Waals surface area contributed by atoms with Crippen molar-refractivity contribution in [2.75, 3.05) is 0 Å². The van der Waals surface area contributed by atoms with Crippen LogP contribution in [0.4, 0.5) is 0 Å². The SMILES string of the molecule is C#Cc1cccc(-c2csc(C(C)(CC(=C)C)C(=C)CC)c2)c1. The molecule has 0 N–H and O–H groups in total. The van der Waals surface area contributed by atoms with E-state index in [1.165, 1.54) is 27.2 Å². The van der Waals surface area contributed by atoms with Crippen LogP contribution in [0.25, 0.3) is 11.1 Å². The van der Waals surface area contributed by atoms with Crippen LogP contribution in [0.2, 0.25) is 0 Å². The molecule has 1 aromatic heterocycles. The highest BCUT2D eigenvalue weighted by atomic mass is 32.1. The van der Waals surface area contributed by atoms with Gasteiger partial charge in [-0.2, -0.15) is 0 Å². The molecule has 0 aliphatic rings. The Balaban J connectivity index is 2.44. The van der Waals surface area contributed by atoms with Crippen molar-refractivity contribution in [2.24, 2.45) is 0 Å². The lowest BCUT2D eigenvalue weighted by molar-refractivity contribution is 0.548. The van der Waals surface area contributed by atoms with E-state index in [1.807, 2.05) is 12.1 Å². The maximum absolute atomic E-state index is 5.52. The minimum atomic E-state index is -0.0484. The first-order valence-electron chi connectivity index (χ1n) is 7.89. The first-order chi connectivity index (χ1) is 10.9. The monoisotopic (exact) mass is 320 g/mol. The van der Waals surface area contributed by atoms with Crippen molar-refractivity contribution >= 4 is 11.3 Å². The average molecular weight is 321 g/mol. The topological polar surface area (TPSA) is 0 Å². The molecule has 0 nitrogen and oxygen atoms in total. The summed E-state index contributed by atoms with van der Waals surface area (Å²) < 4.78 is 0. The van der Waals surface area contributed by atoms with Gasteiger partial charge in [0.05, 0.1) is 0 Å². The zero-order valence-electron chi connectivity index (χ0n) is 14.3. The van der Waals surface area contributed by atoms with E-state index in [0.29, 0.717) is 0 Å². The highest BCUT2D eigenvalue weighted by Crippen LogP contribution is 2.42. The highest BCUT2D eigenvalue weighted by molar-refractivity contribution is 7.10. The van der Waals surface area contributed by atoms with Crippen LogP contribution in [0, 0.1) is 12.3 Å². The Hall–Kier alpha value is -2.04. The molecular weight excluding hydrogens is 296 g/mol. The van der Waals surface area contributed by atoms with Gasteiger partial charge in [-0.05, 0) is 54.5 Å². The van der Waals surface area contributed by atoms with Crippen molar-refractivity contribution < 1.29 is 0 Å². The predicted molar refractivity (Wildman–Crippen MR) is 104 cm³/mol. The molecule has 0 saturated heterocycles. The largest absolute Gasteiger partial charge is 0.147 e. The summed E-state index contributed by atoms with van der Waals surface area (Å²) in [6, 6.07) is 10.4. The Kier molecular flexibility index (Phi) is 5.29. The molecule has 0 spiro atoms. The van der Waals surface area contributed by atoms with Crippen LogP contribution in [0.15, 0.2) is 60.0 Å². The van der Waals surface area contributed by atoms with Crippen molar-refractivity contribution in [3.63, 3.8) is 0 Å².